The third kappa shape index (κ3) is 3.46. The van der Waals surface area contributed by atoms with Crippen LogP contribution < -0.4 is 4.74 Å². The van der Waals surface area contributed by atoms with Gasteiger partial charge in [-0.15, -0.1) is 11.3 Å². The lowest BCUT2D eigenvalue weighted by atomic mass is 10.1. The number of alkyl halides is 3. The Labute approximate surface area is 145 Å². The predicted octanol–water partition coefficient (Wildman–Crippen LogP) is 4.77. The van der Waals surface area contributed by atoms with E-state index in [-0.39, 0.29) is 16.5 Å². The monoisotopic (exact) mass is 361 g/mol. The lowest BCUT2D eigenvalue weighted by Crippen LogP contribution is -2.08. The number of nitrogens with zero attached hydrogens (tertiary/aromatic N) is 3. The quantitative estimate of drug-likeness (QED) is 0.674. The summed E-state index contributed by atoms with van der Waals surface area (Å²) in [7, 11) is 1.26. The molecule has 0 amide bonds. The average molecular weight is 361 g/mol. The molecule has 4 nitrogen and oxygen atoms in total. The fourth-order valence-electron chi connectivity index (χ4n) is 2.20. The van der Waals surface area contributed by atoms with Gasteiger partial charge < -0.3 is 4.74 Å². The van der Waals surface area contributed by atoms with Crippen LogP contribution in [0.2, 0.25) is 0 Å². The molecule has 0 fully saturated rings. The summed E-state index contributed by atoms with van der Waals surface area (Å²) in [5.41, 5.74) is 0.807. The molecule has 0 radical (unpaired) electrons. The molecule has 3 rings (SSSR count). The molecule has 0 spiro atoms. The molecule has 0 unspecified atom stereocenters. The number of thiazole rings is 1. The van der Waals surface area contributed by atoms with Crippen LogP contribution in [0.5, 0.6) is 5.88 Å². The van der Waals surface area contributed by atoms with E-state index in [1.165, 1.54) is 7.11 Å². The molecule has 0 bridgehead atoms. The summed E-state index contributed by atoms with van der Waals surface area (Å²) < 4.78 is 44.8. The summed E-state index contributed by atoms with van der Waals surface area (Å²) in [5, 5.41) is 10.7. The van der Waals surface area contributed by atoms with Crippen LogP contribution in [0.4, 0.5) is 13.2 Å². The van der Waals surface area contributed by atoms with E-state index < -0.39 is 11.7 Å². The first-order valence-corrected chi connectivity index (χ1v) is 7.88. The molecule has 0 aliphatic carbocycles. The molecule has 0 saturated carbocycles. The van der Waals surface area contributed by atoms with Crippen molar-refractivity contribution in [1.29, 1.82) is 5.26 Å². The molecular formula is C17H10F3N3OS. The Kier molecular flexibility index (Phi) is 4.42. The van der Waals surface area contributed by atoms with Crippen LogP contribution in [0.1, 0.15) is 11.1 Å². The normalized spacial score (nSPS) is 11.2. The Balaban J connectivity index is 2.03. The number of ether oxygens (including phenoxy) is 1. The minimum atomic E-state index is -4.55. The maximum atomic E-state index is 13.3. The second kappa shape index (κ2) is 6.53. The van der Waals surface area contributed by atoms with E-state index in [0.29, 0.717) is 11.3 Å². The van der Waals surface area contributed by atoms with Crippen molar-refractivity contribution in [2.75, 3.05) is 7.11 Å². The second-order valence-electron chi connectivity index (χ2n) is 5.00. The second-order valence-corrected chi connectivity index (χ2v) is 5.86. The molecule has 0 aliphatic rings. The van der Waals surface area contributed by atoms with Gasteiger partial charge in [0.25, 0.3) is 0 Å². The molecular weight excluding hydrogens is 351 g/mol. The molecule has 0 saturated heterocycles. The summed E-state index contributed by atoms with van der Waals surface area (Å²) in [6, 6.07) is 9.53. The third-order valence-electron chi connectivity index (χ3n) is 3.44. The minimum absolute atomic E-state index is 0.0989. The van der Waals surface area contributed by atoms with E-state index in [1.54, 1.807) is 29.6 Å². The maximum absolute atomic E-state index is 13.3. The van der Waals surface area contributed by atoms with Gasteiger partial charge >= 0.3 is 6.18 Å². The molecule has 1 aromatic carbocycles. The van der Waals surface area contributed by atoms with Crippen LogP contribution in [0.3, 0.4) is 0 Å². The van der Waals surface area contributed by atoms with Gasteiger partial charge in [-0.05, 0) is 12.1 Å². The van der Waals surface area contributed by atoms with Gasteiger partial charge in [-0.2, -0.15) is 18.4 Å². The van der Waals surface area contributed by atoms with Crippen molar-refractivity contribution < 1.29 is 17.9 Å². The molecule has 126 valence electrons. The highest BCUT2D eigenvalue weighted by Gasteiger charge is 2.35. The van der Waals surface area contributed by atoms with E-state index >= 15 is 0 Å². The van der Waals surface area contributed by atoms with Gasteiger partial charge in [0, 0.05) is 28.8 Å². The summed E-state index contributed by atoms with van der Waals surface area (Å²) in [5.74, 6) is -0.111. The zero-order valence-corrected chi connectivity index (χ0v) is 13.6. The van der Waals surface area contributed by atoms with E-state index in [0.717, 1.165) is 29.2 Å². The summed E-state index contributed by atoms with van der Waals surface area (Å²) in [6.45, 7) is 0. The molecule has 8 heteroatoms. The fraction of sp³-hybridized carbons (Fsp3) is 0.118. The van der Waals surface area contributed by atoms with Gasteiger partial charge in [-0.25, -0.2) is 9.97 Å². The Hall–Kier alpha value is -2.92. The van der Waals surface area contributed by atoms with Crippen molar-refractivity contribution in [3.8, 4) is 33.8 Å². The number of hydrogen-bond donors (Lipinski definition) is 0. The van der Waals surface area contributed by atoms with Crippen LogP contribution in [0.25, 0.3) is 21.8 Å². The van der Waals surface area contributed by atoms with Crippen molar-refractivity contribution in [3.63, 3.8) is 0 Å². The number of halogens is 3. The highest BCUT2D eigenvalue weighted by molar-refractivity contribution is 7.13. The fourth-order valence-corrected chi connectivity index (χ4v) is 3.05. The van der Waals surface area contributed by atoms with E-state index in [2.05, 4.69) is 9.97 Å². The number of rotatable bonds is 3. The van der Waals surface area contributed by atoms with Gasteiger partial charge in [0.2, 0.25) is 5.88 Å². The topological polar surface area (TPSA) is 58.8 Å². The van der Waals surface area contributed by atoms with Crippen molar-refractivity contribution in [1.82, 2.24) is 9.97 Å². The summed E-state index contributed by atoms with van der Waals surface area (Å²) >= 11 is 1.09. The number of methoxy groups -OCH3 is 1. The first kappa shape index (κ1) is 16.9. The highest BCUT2D eigenvalue weighted by atomic mass is 32.1. The van der Waals surface area contributed by atoms with Crippen LogP contribution in [-0.4, -0.2) is 17.1 Å². The lowest BCUT2D eigenvalue weighted by Gasteiger charge is -2.11. The van der Waals surface area contributed by atoms with Crippen molar-refractivity contribution in [3.05, 3.63) is 53.0 Å². The van der Waals surface area contributed by atoms with E-state index in [4.69, 9.17) is 10.00 Å². The third-order valence-corrected chi connectivity index (χ3v) is 4.31. The van der Waals surface area contributed by atoms with E-state index in [1.807, 2.05) is 6.07 Å². The highest BCUT2D eigenvalue weighted by Crippen LogP contribution is 2.40. The average Bonchev–Trinajstić information content (AvgIpc) is 3.10. The summed E-state index contributed by atoms with van der Waals surface area (Å²) in [6.07, 6.45) is -3.44. The van der Waals surface area contributed by atoms with Gasteiger partial charge in [-0.1, -0.05) is 12.1 Å². The minimum Gasteiger partial charge on any atom is -0.481 e. The van der Waals surface area contributed by atoms with Gasteiger partial charge in [0.1, 0.15) is 5.01 Å². The molecule has 2 aromatic heterocycles. The number of nitriles is 1. The molecule has 2 heterocycles. The number of benzene rings is 1. The molecule has 0 N–H and O–H groups in total. The van der Waals surface area contributed by atoms with Crippen molar-refractivity contribution in [2.24, 2.45) is 0 Å². The number of aromatic nitrogens is 2. The first-order valence-electron chi connectivity index (χ1n) is 7.00. The van der Waals surface area contributed by atoms with Gasteiger partial charge in [0.05, 0.1) is 30.0 Å². The predicted molar refractivity (Wildman–Crippen MR) is 87.1 cm³/mol. The van der Waals surface area contributed by atoms with Gasteiger partial charge in [0.15, 0.2) is 0 Å². The largest absolute Gasteiger partial charge is 0.481 e. The molecule has 3 aromatic rings. The Morgan fingerprint density at radius 2 is 1.92 bits per heavy atom. The molecule has 0 aliphatic heterocycles. The molecule has 25 heavy (non-hydrogen) atoms. The SMILES string of the molecule is COc1cc(C(F)(F)F)c(-c2nc(-c3ccc(C#N)cc3)cs2)cn1. The van der Waals surface area contributed by atoms with Crippen LogP contribution in [0, 0.1) is 11.3 Å². The number of hydrogen-bond acceptors (Lipinski definition) is 5. The zero-order valence-electron chi connectivity index (χ0n) is 12.8. The summed E-state index contributed by atoms with van der Waals surface area (Å²) in [4.78, 5) is 8.15. The van der Waals surface area contributed by atoms with Crippen LogP contribution >= 0.6 is 11.3 Å². The molecule has 0 atom stereocenters. The zero-order chi connectivity index (χ0) is 18.0. The Morgan fingerprint density at radius 1 is 1.20 bits per heavy atom. The smallest absolute Gasteiger partial charge is 0.417 e. The van der Waals surface area contributed by atoms with Gasteiger partial charge in [-0.3, -0.25) is 0 Å². The van der Waals surface area contributed by atoms with Crippen molar-refractivity contribution >= 4 is 11.3 Å². The standard InChI is InChI=1S/C17H10F3N3OS/c1-24-15-6-13(17(18,19)20)12(8-22-15)16-23-14(9-25-16)11-4-2-10(7-21)3-5-11/h2-6,8-9H,1H3. The van der Waals surface area contributed by atoms with Crippen LogP contribution in [0.15, 0.2) is 41.9 Å². The van der Waals surface area contributed by atoms with Crippen LogP contribution in [-0.2, 0) is 6.18 Å². The van der Waals surface area contributed by atoms with E-state index in [9.17, 15) is 13.2 Å². The Bertz CT molecular complexity index is 943. The lowest BCUT2D eigenvalue weighted by molar-refractivity contribution is -0.137. The number of pyridine rings is 1. The Morgan fingerprint density at radius 3 is 2.52 bits per heavy atom. The van der Waals surface area contributed by atoms with Crippen molar-refractivity contribution in [2.45, 2.75) is 6.18 Å². The maximum Gasteiger partial charge on any atom is 0.417 e. The first-order chi connectivity index (χ1) is 11.9.